The summed E-state index contributed by atoms with van der Waals surface area (Å²) in [5.41, 5.74) is 12.0. The summed E-state index contributed by atoms with van der Waals surface area (Å²) >= 11 is 0. The highest BCUT2D eigenvalue weighted by atomic mass is 16.7. The predicted molar refractivity (Wildman–Crippen MR) is 95.8 cm³/mol. The van der Waals surface area contributed by atoms with Gasteiger partial charge in [-0.15, -0.1) is 0 Å². The molecule has 4 unspecified atom stereocenters. The fourth-order valence-electron chi connectivity index (χ4n) is 3.06. The van der Waals surface area contributed by atoms with Gasteiger partial charge in [-0.3, -0.25) is 19.0 Å². The number of imidazole rings is 1. The molecule has 0 spiro atoms. The number of hydrogen-bond acceptors (Lipinski definition) is 12. The number of aromatic nitrogens is 4. The van der Waals surface area contributed by atoms with Gasteiger partial charge in [-0.25, -0.2) is 4.98 Å². The molecule has 156 valence electrons. The second kappa shape index (κ2) is 7.87. The second-order valence-electron chi connectivity index (χ2n) is 6.31. The van der Waals surface area contributed by atoms with Crippen molar-refractivity contribution in [2.24, 2.45) is 0 Å². The van der Waals surface area contributed by atoms with E-state index in [2.05, 4.69) is 15.0 Å². The number of carbonyl (C=O) groups is 3. The Bertz CT molecular complexity index is 961. The third kappa shape index (κ3) is 4.18. The summed E-state index contributed by atoms with van der Waals surface area (Å²) in [5, 5.41) is 0. The van der Waals surface area contributed by atoms with Crippen LogP contribution in [0.3, 0.4) is 0 Å². The van der Waals surface area contributed by atoms with Gasteiger partial charge in [0, 0.05) is 20.8 Å². The molecule has 0 aliphatic carbocycles. The second-order valence-corrected chi connectivity index (χ2v) is 6.31. The van der Waals surface area contributed by atoms with Crippen LogP contribution in [0, 0.1) is 0 Å². The van der Waals surface area contributed by atoms with Gasteiger partial charge in [0.25, 0.3) is 0 Å². The number of carbonyl (C=O) groups excluding carboxylic acids is 3. The molecule has 1 aliphatic rings. The van der Waals surface area contributed by atoms with Crippen LogP contribution in [0.2, 0.25) is 0 Å². The average Bonchev–Trinajstić information content (AvgIpc) is 3.15. The first-order chi connectivity index (χ1) is 13.7. The average molecular weight is 408 g/mol. The molecule has 0 bridgehead atoms. The molecule has 29 heavy (non-hydrogen) atoms. The smallest absolute Gasteiger partial charge is 0.303 e. The maximum atomic E-state index is 11.7. The quantitative estimate of drug-likeness (QED) is 0.470. The van der Waals surface area contributed by atoms with Gasteiger partial charge in [-0.05, 0) is 0 Å². The normalized spacial score (nSPS) is 23.7. The Labute approximate surface area is 164 Å². The highest BCUT2D eigenvalue weighted by molar-refractivity contribution is 5.82. The molecule has 13 heteroatoms. The van der Waals surface area contributed by atoms with Gasteiger partial charge < -0.3 is 30.4 Å². The van der Waals surface area contributed by atoms with Crippen molar-refractivity contribution in [2.45, 2.75) is 45.3 Å². The predicted octanol–water partition coefficient (Wildman–Crippen LogP) is -0.685. The molecule has 1 saturated heterocycles. The van der Waals surface area contributed by atoms with Crippen LogP contribution in [0.25, 0.3) is 11.2 Å². The molecule has 4 N–H and O–H groups in total. The van der Waals surface area contributed by atoms with Crippen molar-refractivity contribution in [1.82, 2.24) is 19.5 Å². The van der Waals surface area contributed by atoms with Crippen molar-refractivity contribution >= 4 is 40.8 Å². The Balaban J connectivity index is 2.04. The maximum absolute atomic E-state index is 11.7. The van der Waals surface area contributed by atoms with Crippen LogP contribution in [0.1, 0.15) is 27.0 Å². The Morgan fingerprint density at radius 2 is 1.72 bits per heavy atom. The number of hydrogen-bond donors (Lipinski definition) is 2. The Morgan fingerprint density at radius 1 is 1.07 bits per heavy atom. The van der Waals surface area contributed by atoms with Gasteiger partial charge in [0.05, 0.1) is 6.33 Å². The summed E-state index contributed by atoms with van der Waals surface area (Å²) in [4.78, 5) is 46.6. The monoisotopic (exact) mass is 408 g/mol. The van der Waals surface area contributed by atoms with E-state index in [1.54, 1.807) is 0 Å². The van der Waals surface area contributed by atoms with Crippen molar-refractivity contribution in [3.63, 3.8) is 0 Å². The molecule has 2 aromatic rings. The third-order valence-corrected chi connectivity index (χ3v) is 4.08. The van der Waals surface area contributed by atoms with E-state index >= 15 is 0 Å². The Hall–Kier alpha value is -3.48. The zero-order valence-corrected chi connectivity index (χ0v) is 15.9. The van der Waals surface area contributed by atoms with Crippen molar-refractivity contribution in [2.75, 3.05) is 18.1 Å². The molecule has 3 heterocycles. The van der Waals surface area contributed by atoms with E-state index < -0.39 is 42.4 Å². The minimum atomic E-state index is -1.08. The number of esters is 3. The number of anilines is 2. The van der Waals surface area contributed by atoms with Crippen molar-refractivity contribution in [3.8, 4) is 0 Å². The molecule has 13 nitrogen and oxygen atoms in total. The van der Waals surface area contributed by atoms with Crippen LogP contribution in [0.5, 0.6) is 0 Å². The van der Waals surface area contributed by atoms with E-state index in [0.717, 1.165) is 0 Å². The highest BCUT2D eigenvalue weighted by Gasteiger charge is 2.51. The summed E-state index contributed by atoms with van der Waals surface area (Å²) in [5.74, 6) is -1.85. The first-order valence-corrected chi connectivity index (χ1v) is 8.56. The number of fused-ring (bicyclic) bond motifs is 1. The van der Waals surface area contributed by atoms with E-state index in [4.69, 9.17) is 30.4 Å². The molecule has 1 fully saturated rings. The Kier molecular flexibility index (Phi) is 5.50. The SMILES string of the molecule is CC(=O)OCC1OC(n2cnc3c(N)nc(N)nc32)C(OC(C)=O)C1OC(C)=O. The number of nitrogens with two attached hydrogens (primary N) is 2. The zero-order valence-electron chi connectivity index (χ0n) is 15.9. The number of ether oxygens (including phenoxy) is 4. The van der Waals surface area contributed by atoms with Crippen LogP contribution in [-0.2, 0) is 33.3 Å². The molecule has 4 atom stereocenters. The minimum Gasteiger partial charge on any atom is -0.463 e. The van der Waals surface area contributed by atoms with Gasteiger partial charge in [-0.1, -0.05) is 0 Å². The van der Waals surface area contributed by atoms with Gasteiger partial charge in [0.2, 0.25) is 5.95 Å². The summed E-state index contributed by atoms with van der Waals surface area (Å²) in [6.07, 6.45) is -2.69. The van der Waals surface area contributed by atoms with E-state index in [9.17, 15) is 14.4 Å². The molecular formula is C16H20N6O7. The first kappa shape index (κ1) is 20.3. The Morgan fingerprint density at radius 3 is 2.34 bits per heavy atom. The van der Waals surface area contributed by atoms with Crippen LogP contribution >= 0.6 is 0 Å². The summed E-state index contributed by atoms with van der Waals surface area (Å²) in [6, 6.07) is 0. The van der Waals surface area contributed by atoms with Crippen molar-refractivity contribution < 1.29 is 33.3 Å². The topological polar surface area (TPSA) is 184 Å². The van der Waals surface area contributed by atoms with Gasteiger partial charge in [0.15, 0.2) is 29.9 Å². The van der Waals surface area contributed by atoms with E-state index in [-0.39, 0.29) is 29.5 Å². The largest absolute Gasteiger partial charge is 0.463 e. The molecule has 0 radical (unpaired) electrons. The summed E-state index contributed by atoms with van der Waals surface area (Å²) in [6.45, 7) is 3.39. The lowest BCUT2D eigenvalue weighted by molar-refractivity contribution is -0.166. The molecular weight excluding hydrogens is 388 g/mol. The van der Waals surface area contributed by atoms with Gasteiger partial charge in [-0.2, -0.15) is 9.97 Å². The number of rotatable bonds is 5. The zero-order chi connectivity index (χ0) is 21.3. The fourth-order valence-corrected chi connectivity index (χ4v) is 3.06. The third-order valence-electron chi connectivity index (χ3n) is 4.08. The van der Waals surface area contributed by atoms with Crippen molar-refractivity contribution in [3.05, 3.63) is 6.33 Å². The van der Waals surface area contributed by atoms with Crippen LogP contribution in [0.15, 0.2) is 6.33 Å². The first-order valence-electron chi connectivity index (χ1n) is 8.56. The number of nitrogen functional groups attached to an aromatic ring is 2. The lowest BCUT2D eigenvalue weighted by Crippen LogP contribution is -2.40. The molecule has 0 aromatic carbocycles. The maximum Gasteiger partial charge on any atom is 0.303 e. The molecule has 3 rings (SSSR count). The summed E-state index contributed by atoms with van der Waals surface area (Å²) < 4.78 is 23.0. The standard InChI is InChI=1S/C16H20N6O7/c1-6(23)26-4-9-11(27-7(2)24)12(28-8(3)25)15(29-9)22-5-19-10-13(17)20-16(18)21-14(10)22/h5,9,11-12,15H,4H2,1-3H3,(H4,17,18,20,21). The van der Waals surface area contributed by atoms with Crippen LogP contribution in [-0.4, -0.2) is 62.3 Å². The van der Waals surface area contributed by atoms with E-state index in [0.29, 0.717) is 0 Å². The fraction of sp³-hybridized carbons (Fsp3) is 0.500. The molecule has 0 amide bonds. The lowest BCUT2D eigenvalue weighted by Gasteiger charge is -2.23. The van der Waals surface area contributed by atoms with Crippen LogP contribution < -0.4 is 11.5 Å². The van der Waals surface area contributed by atoms with E-state index in [1.807, 2.05) is 0 Å². The minimum absolute atomic E-state index is 0.0567. The van der Waals surface area contributed by atoms with Crippen molar-refractivity contribution in [1.29, 1.82) is 0 Å². The highest BCUT2D eigenvalue weighted by Crippen LogP contribution is 2.36. The van der Waals surface area contributed by atoms with E-state index in [1.165, 1.54) is 31.7 Å². The van der Waals surface area contributed by atoms with Gasteiger partial charge >= 0.3 is 17.9 Å². The molecule has 2 aromatic heterocycles. The molecule has 0 saturated carbocycles. The lowest BCUT2D eigenvalue weighted by atomic mass is 10.1. The molecule has 1 aliphatic heterocycles. The summed E-state index contributed by atoms with van der Waals surface area (Å²) in [7, 11) is 0. The number of nitrogens with zero attached hydrogens (tertiary/aromatic N) is 4. The van der Waals surface area contributed by atoms with Crippen LogP contribution in [0.4, 0.5) is 11.8 Å². The van der Waals surface area contributed by atoms with Gasteiger partial charge in [0.1, 0.15) is 18.2 Å².